The van der Waals surface area contributed by atoms with Gasteiger partial charge in [0.2, 0.25) is 0 Å². The molecule has 1 saturated carbocycles. The molecule has 0 bridgehead atoms. The quantitative estimate of drug-likeness (QED) is 0.826. The van der Waals surface area contributed by atoms with Crippen LogP contribution in [0.2, 0.25) is 0 Å². The maximum Gasteiger partial charge on any atom is 0.257 e. The normalized spacial score (nSPS) is 15.9. The van der Waals surface area contributed by atoms with Gasteiger partial charge in [-0.05, 0) is 43.4 Å². The average Bonchev–Trinajstić information content (AvgIpc) is 3.18. The minimum Gasteiger partial charge on any atom is -0.481 e. The first-order valence-electron chi connectivity index (χ1n) is 6.43. The highest BCUT2D eigenvalue weighted by molar-refractivity contribution is 5.77. The first-order valence-corrected chi connectivity index (χ1v) is 6.43. The van der Waals surface area contributed by atoms with Crippen molar-refractivity contribution >= 4 is 5.91 Å². The van der Waals surface area contributed by atoms with Gasteiger partial charge in [-0.1, -0.05) is 6.07 Å². The summed E-state index contributed by atoms with van der Waals surface area (Å²) in [7, 11) is 0. The van der Waals surface area contributed by atoms with E-state index in [1.807, 2.05) is 0 Å². The van der Waals surface area contributed by atoms with Gasteiger partial charge in [0.15, 0.2) is 18.2 Å². The number of aliphatic hydroxyl groups is 1. The molecule has 0 spiro atoms. The van der Waals surface area contributed by atoms with Crippen LogP contribution < -0.4 is 10.1 Å². The van der Waals surface area contributed by atoms with Crippen molar-refractivity contribution in [3.8, 4) is 5.75 Å². The van der Waals surface area contributed by atoms with Crippen LogP contribution in [0.15, 0.2) is 18.2 Å². The van der Waals surface area contributed by atoms with Crippen molar-refractivity contribution in [3.05, 3.63) is 29.6 Å². The van der Waals surface area contributed by atoms with Crippen LogP contribution in [-0.4, -0.2) is 24.2 Å². The molecule has 2 rings (SSSR count). The Morgan fingerprint density at radius 2 is 2.32 bits per heavy atom. The van der Waals surface area contributed by atoms with Crippen molar-refractivity contribution < 1.29 is 19.0 Å². The Bertz CT molecular complexity index is 458. The van der Waals surface area contributed by atoms with E-state index >= 15 is 0 Å². The van der Waals surface area contributed by atoms with Crippen LogP contribution in [0.3, 0.4) is 0 Å². The molecule has 5 heteroatoms. The molecule has 2 N–H and O–H groups in total. The number of carbonyl (C=O) groups is 1. The van der Waals surface area contributed by atoms with Crippen LogP contribution >= 0.6 is 0 Å². The highest BCUT2D eigenvalue weighted by Crippen LogP contribution is 2.27. The second-order valence-electron chi connectivity index (χ2n) is 4.90. The maximum absolute atomic E-state index is 13.6. The van der Waals surface area contributed by atoms with Gasteiger partial charge in [0.1, 0.15) is 0 Å². The Hall–Kier alpha value is -1.62. The van der Waals surface area contributed by atoms with Gasteiger partial charge in [-0.15, -0.1) is 0 Å². The molecule has 1 aliphatic carbocycles. The first-order chi connectivity index (χ1) is 9.06. The topological polar surface area (TPSA) is 58.6 Å². The number of carbonyl (C=O) groups excluding carboxylic acids is 1. The molecule has 0 aliphatic heterocycles. The molecule has 1 fully saturated rings. The van der Waals surface area contributed by atoms with E-state index in [1.165, 1.54) is 12.1 Å². The van der Waals surface area contributed by atoms with Crippen LogP contribution in [0.1, 0.15) is 31.4 Å². The highest BCUT2D eigenvalue weighted by Gasteiger charge is 2.21. The first kappa shape index (κ1) is 13.8. The number of rotatable bonds is 6. The van der Waals surface area contributed by atoms with Gasteiger partial charge in [0.25, 0.3) is 5.91 Å². The van der Waals surface area contributed by atoms with Gasteiger partial charge in [-0.2, -0.15) is 0 Å². The fraction of sp³-hybridized carbons (Fsp3) is 0.500. The number of nitrogens with one attached hydrogen (secondary N) is 1. The summed E-state index contributed by atoms with van der Waals surface area (Å²) in [6, 6.07) is 4.21. The summed E-state index contributed by atoms with van der Waals surface area (Å²) in [6.45, 7) is 2.03. The predicted octanol–water partition coefficient (Wildman–Crippen LogP) is 1.78. The third kappa shape index (κ3) is 4.21. The zero-order valence-corrected chi connectivity index (χ0v) is 10.9. The van der Waals surface area contributed by atoms with E-state index in [0.717, 1.165) is 12.8 Å². The van der Waals surface area contributed by atoms with Gasteiger partial charge >= 0.3 is 0 Å². The molecule has 0 unspecified atom stereocenters. The van der Waals surface area contributed by atoms with Crippen LogP contribution in [-0.2, 0) is 4.79 Å². The lowest BCUT2D eigenvalue weighted by atomic mass is 10.1. The number of hydrogen-bond acceptors (Lipinski definition) is 3. The van der Waals surface area contributed by atoms with Crippen molar-refractivity contribution in [2.75, 3.05) is 13.2 Å². The van der Waals surface area contributed by atoms with E-state index < -0.39 is 11.9 Å². The Morgan fingerprint density at radius 1 is 1.58 bits per heavy atom. The summed E-state index contributed by atoms with van der Waals surface area (Å²) in [5.41, 5.74) is 0.475. The van der Waals surface area contributed by atoms with E-state index in [-0.39, 0.29) is 18.3 Å². The van der Waals surface area contributed by atoms with Gasteiger partial charge in [-0.3, -0.25) is 4.79 Å². The van der Waals surface area contributed by atoms with Gasteiger partial charge < -0.3 is 15.2 Å². The third-order valence-corrected chi connectivity index (χ3v) is 3.08. The highest BCUT2D eigenvalue weighted by atomic mass is 19.1. The molecule has 1 amide bonds. The lowest BCUT2D eigenvalue weighted by Crippen LogP contribution is -2.30. The summed E-state index contributed by atoms with van der Waals surface area (Å²) in [5.74, 6) is -0.198. The van der Waals surface area contributed by atoms with Crippen molar-refractivity contribution in [1.29, 1.82) is 0 Å². The fourth-order valence-corrected chi connectivity index (χ4v) is 1.67. The zero-order chi connectivity index (χ0) is 13.8. The Kier molecular flexibility index (Phi) is 4.37. The third-order valence-electron chi connectivity index (χ3n) is 3.08. The van der Waals surface area contributed by atoms with E-state index in [9.17, 15) is 14.3 Å². The summed E-state index contributed by atoms with van der Waals surface area (Å²) < 4.78 is 18.7. The molecule has 104 valence electrons. The molecule has 4 nitrogen and oxygen atoms in total. The van der Waals surface area contributed by atoms with Crippen LogP contribution in [0.25, 0.3) is 0 Å². The second-order valence-corrected chi connectivity index (χ2v) is 4.90. The van der Waals surface area contributed by atoms with Crippen molar-refractivity contribution in [2.45, 2.75) is 25.9 Å². The lowest BCUT2D eigenvalue weighted by molar-refractivity contribution is -0.123. The van der Waals surface area contributed by atoms with Crippen LogP contribution in [0.4, 0.5) is 4.39 Å². The van der Waals surface area contributed by atoms with Gasteiger partial charge in [-0.25, -0.2) is 4.39 Å². The zero-order valence-electron chi connectivity index (χ0n) is 10.9. The number of aliphatic hydroxyl groups excluding tert-OH is 1. The molecule has 0 heterocycles. The van der Waals surface area contributed by atoms with Crippen molar-refractivity contribution in [3.63, 3.8) is 0 Å². The summed E-state index contributed by atoms with van der Waals surface area (Å²) in [6.07, 6.45) is 1.60. The van der Waals surface area contributed by atoms with Crippen LogP contribution in [0, 0.1) is 11.7 Å². The van der Waals surface area contributed by atoms with Gasteiger partial charge in [0, 0.05) is 6.54 Å². The molecular weight excluding hydrogens is 249 g/mol. The molecule has 1 aromatic carbocycles. The Morgan fingerprint density at radius 3 is 2.89 bits per heavy atom. The fourth-order valence-electron chi connectivity index (χ4n) is 1.67. The second kappa shape index (κ2) is 6.02. The van der Waals surface area contributed by atoms with E-state index in [2.05, 4.69) is 5.32 Å². The largest absolute Gasteiger partial charge is 0.481 e. The number of halogens is 1. The maximum atomic E-state index is 13.6. The Balaban J connectivity index is 1.82. The predicted molar refractivity (Wildman–Crippen MR) is 68.3 cm³/mol. The lowest BCUT2D eigenvalue weighted by Gasteiger charge is -2.10. The van der Waals surface area contributed by atoms with Crippen molar-refractivity contribution in [2.24, 2.45) is 5.92 Å². The molecule has 1 aliphatic rings. The monoisotopic (exact) mass is 267 g/mol. The van der Waals surface area contributed by atoms with E-state index in [1.54, 1.807) is 13.0 Å². The smallest absolute Gasteiger partial charge is 0.257 e. The Labute approximate surface area is 111 Å². The van der Waals surface area contributed by atoms with E-state index in [4.69, 9.17) is 4.74 Å². The molecule has 0 aromatic heterocycles. The number of hydrogen-bond donors (Lipinski definition) is 2. The number of ether oxygens (including phenoxy) is 1. The number of benzene rings is 1. The molecular formula is C14H18FNO3. The summed E-state index contributed by atoms with van der Waals surface area (Å²) >= 11 is 0. The molecule has 1 atom stereocenters. The summed E-state index contributed by atoms with van der Waals surface area (Å²) in [4.78, 5) is 11.4. The van der Waals surface area contributed by atoms with Crippen LogP contribution in [0.5, 0.6) is 5.75 Å². The molecule has 19 heavy (non-hydrogen) atoms. The minimum absolute atomic E-state index is 0.0194. The summed E-state index contributed by atoms with van der Waals surface area (Å²) in [5, 5.41) is 12.1. The minimum atomic E-state index is -0.731. The molecule has 0 radical (unpaired) electrons. The molecule has 0 saturated heterocycles. The number of amides is 1. The SMILES string of the molecule is C[C@H](O)c1ccc(OCC(=O)NCC2CC2)c(F)c1. The molecule has 1 aromatic rings. The standard InChI is InChI=1S/C14H18FNO3/c1-9(17)11-4-5-13(12(15)6-11)19-8-14(18)16-7-10-2-3-10/h4-6,9-10,17H,2-3,7-8H2,1H3,(H,16,18)/t9-/m0/s1. The average molecular weight is 267 g/mol. The van der Waals surface area contributed by atoms with Crippen molar-refractivity contribution in [1.82, 2.24) is 5.32 Å². The van der Waals surface area contributed by atoms with E-state index in [0.29, 0.717) is 18.0 Å². The van der Waals surface area contributed by atoms with Gasteiger partial charge in [0.05, 0.1) is 6.10 Å².